The van der Waals surface area contributed by atoms with Crippen LogP contribution >= 0.6 is 0 Å². The fraction of sp³-hybridized carbons (Fsp3) is 0.611. The smallest absolute Gasteiger partial charge is 0.202 e. The largest absolute Gasteiger partial charge is 0.507 e. The van der Waals surface area contributed by atoms with E-state index in [-0.39, 0.29) is 60.0 Å². The van der Waals surface area contributed by atoms with Gasteiger partial charge >= 0.3 is 0 Å². The molecule has 2 aromatic carbocycles. The molecule has 0 amide bonds. The number of hydrogen-bond acceptors (Lipinski definition) is 22. The highest BCUT2D eigenvalue weighted by Gasteiger charge is 2.54. The van der Waals surface area contributed by atoms with E-state index in [4.69, 9.17) is 56.2 Å². The molecule has 2 saturated heterocycles. The first-order valence-electron chi connectivity index (χ1n) is 18.3. The molecule has 0 aromatic heterocycles. The predicted molar refractivity (Wildman–Crippen MR) is 182 cm³/mol. The van der Waals surface area contributed by atoms with Gasteiger partial charge in [-0.25, -0.2) is 0 Å². The fourth-order valence-electron chi connectivity index (χ4n) is 8.05. The van der Waals surface area contributed by atoms with Crippen LogP contribution in [0.4, 0.5) is 0 Å². The summed E-state index contributed by atoms with van der Waals surface area (Å²) in [5.74, 6) is -3.49. The molecule has 2 fully saturated rings. The number of carbonyl (C=O) groups excluding carboxylic acids is 2. The third kappa shape index (κ3) is 11.0. The molecule has 4 aliphatic rings. The van der Waals surface area contributed by atoms with Gasteiger partial charge < -0.3 is 59.4 Å². The number of ether oxygens (including phenoxy) is 4. The quantitative estimate of drug-likeness (QED) is 0.102. The molecule has 0 saturated carbocycles. The number of nitrogens with zero attached hydrogens (tertiary/aromatic N) is 2. The molecular weight excluding hydrogens is 851 g/mol. The molecule has 0 unspecified atom stereocenters. The van der Waals surface area contributed by atoms with Crippen LogP contribution in [0.5, 0.6) is 17.2 Å². The zero-order valence-corrected chi connectivity index (χ0v) is 35.0. The summed E-state index contributed by atoms with van der Waals surface area (Å²) in [6.07, 6.45) is -7.20. The van der Waals surface area contributed by atoms with Crippen molar-refractivity contribution in [3.8, 4) is 17.2 Å². The Morgan fingerprint density at radius 2 is 1.18 bits per heavy atom. The van der Waals surface area contributed by atoms with E-state index in [0.29, 0.717) is 0 Å². The van der Waals surface area contributed by atoms with Gasteiger partial charge in [-0.05, 0) is 54.5 Å². The minimum atomic E-state index is -4.69. The van der Waals surface area contributed by atoms with Crippen LogP contribution in [0.3, 0.4) is 0 Å². The lowest BCUT2D eigenvalue weighted by Gasteiger charge is -2.48. The molecule has 2 aliphatic carbocycles. The van der Waals surface area contributed by atoms with E-state index in [1.807, 2.05) is 38.0 Å². The van der Waals surface area contributed by atoms with Crippen LogP contribution in [-0.2, 0) is 18.9 Å². The molecule has 2 aromatic rings. The van der Waals surface area contributed by atoms with E-state index in [9.17, 15) is 40.2 Å². The summed E-state index contributed by atoms with van der Waals surface area (Å²) in [6.45, 7) is 5.12. The molecule has 24 heteroatoms. The minimum absolute atomic E-state index is 0.0702. The summed E-state index contributed by atoms with van der Waals surface area (Å²) in [6, 6.07) is 3.25. The van der Waals surface area contributed by atoms with Gasteiger partial charge in [0.25, 0.3) is 0 Å². The third-order valence-electron chi connectivity index (χ3n) is 11.0. The second kappa shape index (κ2) is 18.8. The summed E-state index contributed by atoms with van der Waals surface area (Å²) in [4.78, 5) is 31.6. The Labute approximate surface area is 348 Å². The lowest BCUT2D eigenvalue weighted by atomic mass is 9.70. The highest BCUT2D eigenvalue weighted by atomic mass is 35.7. The number of phenols is 3. The highest BCUT2D eigenvalue weighted by molar-refractivity contribution is 6.31. The second-order valence-electron chi connectivity index (χ2n) is 15.3. The van der Waals surface area contributed by atoms with Gasteiger partial charge in [-0.1, -0.05) is 19.1 Å². The standard InChI is InChI=1S/C36H48N2O12.2ClHO4/c1-8-36(46)14-21(49-22-12-18(37(4)5)29(40)15(2)47-22)25-28(35(36)50-23-13-19(38(6)7)30(41)16(3)48-23)34(45)26-27(33(25)44)32(43)24-17(31(26)42)10-9-11-20(24)39;2*2-1(3,4)5/h9-11,15-16,18-19,21-23,29-30,35,39-41,44-46H,8,12-14H2,1-7H3;2*(H,2,3,4,5)/t15-,16-,18-,19-,21-,22-,23-,29+,30+,35+,36+;;/m0../s1. The molecule has 338 valence electrons. The number of rotatable bonds is 7. The highest BCUT2D eigenvalue weighted by Crippen LogP contribution is 2.58. The zero-order chi connectivity index (χ0) is 45.6. The molecule has 2 heterocycles. The van der Waals surface area contributed by atoms with Crippen LogP contribution in [0.15, 0.2) is 18.2 Å². The average molecular weight is 902 g/mol. The van der Waals surface area contributed by atoms with E-state index < -0.39 is 115 Å². The van der Waals surface area contributed by atoms with Crippen molar-refractivity contribution in [3.63, 3.8) is 0 Å². The number of halogens is 2. The van der Waals surface area contributed by atoms with Gasteiger partial charge in [-0.15, -0.1) is 0 Å². The summed E-state index contributed by atoms with van der Waals surface area (Å²) in [5, 5.41) is 68.8. The van der Waals surface area contributed by atoms with Crippen molar-refractivity contribution in [1.29, 1.82) is 0 Å². The topological polar surface area (TPSA) is 378 Å². The van der Waals surface area contributed by atoms with Gasteiger partial charge in [0.15, 0.2) is 18.4 Å². The van der Waals surface area contributed by atoms with Crippen molar-refractivity contribution in [2.24, 2.45) is 0 Å². The van der Waals surface area contributed by atoms with Crippen molar-refractivity contribution >= 4 is 11.6 Å². The number of ketones is 2. The van der Waals surface area contributed by atoms with Crippen LogP contribution in [0, 0.1) is 20.5 Å². The molecule has 11 atom stereocenters. The summed E-state index contributed by atoms with van der Waals surface area (Å²) in [5.41, 5.74) is -3.47. The van der Waals surface area contributed by atoms with Crippen molar-refractivity contribution in [1.82, 2.24) is 9.80 Å². The van der Waals surface area contributed by atoms with E-state index >= 15 is 0 Å². The molecular formula is C36H50Cl2N2O20. The maximum Gasteiger partial charge on any atom is 0.202 e. The fourth-order valence-corrected chi connectivity index (χ4v) is 8.05. The first-order chi connectivity index (χ1) is 27.5. The van der Waals surface area contributed by atoms with E-state index in [1.165, 1.54) is 18.2 Å². The van der Waals surface area contributed by atoms with Crippen molar-refractivity contribution < 1.29 is 117 Å². The maximum atomic E-state index is 14.0. The van der Waals surface area contributed by atoms with Crippen molar-refractivity contribution in [2.45, 2.75) is 113 Å². The van der Waals surface area contributed by atoms with Crippen molar-refractivity contribution in [2.75, 3.05) is 28.2 Å². The Morgan fingerprint density at radius 3 is 1.63 bits per heavy atom. The first-order valence-corrected chi connectivity index (χ1v) is 20.9. The van der Waals surface area contributed by atoms with Gasteiger partial charge in [0.05, 0.1) is 82.6 Å². The molecule has 0 bridgehead atoms. The van der Waals surface area contributed by atoms with Crippen LogP contribution in [0.2, 0.25) is 0 Å². The lowest BCUT2D eigenvalue weighted by Crippen LogP contribution is -2.58. The van der Waals surface area contributed by atoms with E-state index in [1.54, 1.807) is 20.8 Å². The molecule has 60 heavy (non-hydrogen) atoms. The average Bonchev–Trinajstić information content (AvgIpc) is 3.10. The van der Waals surface area contributed by atoms with Gasteiger partial charge in [0.1, 0.15) is 23.4 Å². The van der Waals surface area contributed by atoms with Crippen LogP contribution < -0.4 is 28.0 Å². The van der Waals surface area contributed by atoms with E-state index in [2.05, 4.69) is 0 Å². The predicted octanol–water partition coefficient (Wildman–Crippen LogP) is -6.16. The zero-order valence-electron chi connectivity index (χ0n) is 33.5. The third-order valence-corrected chi connectivity index (χ3v) is 11.0. The summed E-state index contributed by atoms with van der Waals surface area (Å²) < 4.78 is 90.5. The first kappa shape index (κ1) is 49.7. The Morgan fingerprint density at radius 1 is 0.750 bits per heavy atom. The number of fused-ring (bicyclic) bond motifs is 3. The minimum Gasteiger partial charge on any atom is -0.507 e. The molecule has 0 spiro atoms. The number of carbonyl (C=O) groups is 2. The van der Waals surface area contributed by atoms with Gasteiger partial charge in [0, 0.05) is 48.0 Å². The van der Waals surface area contributed by atoms with Gasteiger partial charge in [-0.3, -0.25) is 9.59 Å². The number of aliphatic hydroxyl groups excluding tert-OH is 2. The maximum absolute atomic E-state index is 14.0. The summed E-state index contributed by atoms with van der Waals surface area (Å²) >= 11 is 0. The lowest BCUT2D eigenvalue weighted by molar-refractivity contribution is -1.92. The SMILES string of the molecule is CC[C@@]1(O)C[C@H](O[C@H]2C[C@H](N(C)C)[C@H](O)[C@H](C)O2)c2c(O)c3c(c(O)c2[C@H]1O[C@H]1C[C@H](N(C)C)[C@H](O)[C@H](C)O1)C(=O)c1cccc(O)c1C3=O.[O-][Cl+3]([O-])([O-])O.[O-][Cl+3]([O-])([O-])O. The number of phenolic OH excluding ortho intramolecular Hbond substituents is 3. The van der Waals surface area contributed by atoms with Gasteiger partial charge in [-0.2, -0.15) is 28.0 Å². The number of likely N-dealkylation sites (N-methyl/N-ethyl adjacent to an activating group) is 2. The molecule has 8 N–H and O–H groups in total. The summed E-state index contributed by atoms with van der Waals surface area (Å²) in [7, 11) is -2.13. The molecule has 0 radical (unpaired) electrons. The Bertz CT molecular complexity index is 1850. The number of aromatic hydroxyl groups is 3. The van der Waals surface area contributed by atoms with E-state index in [0.717, 1.165) is 0 Å². The molecule has 22 nitrogen and oxygen atoms in total. The molecule has 6 rings (SSSR count). The molecule has 2 aliphatic heterocycles. The van der Waals surface area contributed by atoms with Gasteiger partial charge in [0.2, 0.25) is 5.78 Å². The Kier molecular flexibility index (Phi) is 15.6. The number of benzene rings is 2. The second-order valence-corrected chi connectivity index (χ2v) is 16.9. The van der Waals surface area contributed by atoms with Crippen LogP contribution in [-0.4, -0.2) is 144 Å². The number of aliphatic hydroxyl groups is 3. The monoisotopic (exact) mass is 900 g/mol. The van der Waals surface area contributed by atoms with Crippen LogP contribution in [0.1, 0.15) is 102 Å². The number of hydrogen-bond donors (Lipinski definition) is 8. The normalized spacial score (nSPS) is 31.7. The van der Waals surface area contributed by atoms with Crippen molar-refractivity contribution in [3.05, 3.63) is 51.6 Å². The van der Waals surface area contributed by atoms with Crippen LogP contribution in [0.25, 0.3) is 0 Å². The Hall–Kier alpha value is -2.92. The Balaban J connectivity index is 0.000000711.